The lowest BCUT2D eigenvalue weighted by Crippen LogP contribution is -2.25. The van der Waals surface area contributed by atoms with Gasteiger partial charge in [-0.3, -0.25) is 9.89 Å². The minimum absolute atomic E-state index is 0.00575. The van der Waals surface area contributed by atoms with E-state index in [9.17, 15) is 9.18 Å². The van der Waals surface area contributed by atoms with Crippen LogP contribution in [0.1, 0.15) is 16.8 Å². The van der Waals surface area contributed by atoms with Gasteiger partial charge in [-0.15, -0.1) is 0 Å². The van der Waals surface area contributed by atoms with Crippen molar-refractivity contribution in [2.75, 3.05) is 6.54 Å². The third kappa shape index (κ3) is 3.62. The number of carbonyl (C=O) groups excluding carboxylic acids is 1. The maximum Gasteiger partial charge on any atom is 0.255 e. The number of benzene rings is 1. The fourth-order valence-electron chi connectivity index (χ4n) is 2.31. The van der Waals surface area contributed by atoms with E-state index in [-0.39, 0.29) is 10.9 Å². The average molecular weight is 348 g/mol. The van der Waals surface area contributed by atoms with Gasteiger partial charge in [-0.2, -0.15) is 5.10 Å². The van der Waals surface area contributed by atoms with Gasteiger partial charge < -0.3 is 9.88 Å². The highest BCUT2D eigenvalue weighted by molar-refractivity contribution is 6.31. The van der Waals surface area contributed by atoms with Gasteiger partial charge in [0.15, 0.2) is 0 Å². The number of hydrogen-bond donors (Lipinski definition) is 2. The molecule has 3 rings (SSSR count). The maximum absolute atomic E-state index is 13.3. The van der Waals surface area contributed by atoms with E-state index >= 15 is 0 Å². The first-order valence-electron chi connectivity index (χ1n) is 7.38. The number of imidazole rings is 1. The van der Waals surface area contributed by atoms with Crippen LogP contribution in [-0.2, 0) is 6.54 Å². The molecule has 0 spiro atoms. The summed E-state index contributed by atoms with van der Waals surface area (Å²) in [6.07, 6.45) is 7.53. The number of amides is 1. The molecule has 0 unspecified atom stereocenters. The monoisotopic (exact) mass is 347 g/mol. The molecule has 6 nitrogen and oxygen atoms in total. The van der Waals surface area contributed by atoms with Gasteiger partial charge in [0.1, 0.15) is 5.82 Å². The van der Waals surface area contributed by atoms with Crippen LogP contribution in [0.3, 0.4) is 0 Å². The fourth-order valence-corrected chi connectivity index (χ4v) is 2.49. The molecular weight excluding hydrogens is 333 g/mol. The van der Waals surface area contributed by atoms with Gasteiger partial charge in [-0.05, 0) is 24.6 Å². The van der Waals surface area contributed by atoms with Crippen LogP contribution < -0.4 is 5.32 Å². The molecule has 1 amide bonds. The van der Waals surface area contributed by atoms with E-state index in [1.54, 1.807) is 18.6 Å². The topological polar surface area (TPSA) is 75.6 Å². The molecule has 2 aromatic heterocycles. The SMILES string of the molecule is O=C(NCCCn1ccnc1)c1cn[nH]c1-c1ccc(F)c(Cl)c1. The van der Waals surface area contributed by atoms with Crippen LogP contribution in [-0.4, -0.2) is 32.2 Å². The third-order valence-corrected chi connectivity index (χ3v) is 3.82. The Labute approximate surface area is 142 Å². The van der Waals surface area contributed by atoms with Crippen molar-refractivity contribution < 1.29 is 9.18 Å². The van der Waals surface area contributed by atoms with Gasteiger partial charge in [0.05, 0.1) is 28.8 Å². The molecule has 2 heterocycles. The summed E-state index contributed by atoms with van der Waals surface area (Å²) in [4.78, 5) is 16.3. The quantitative estimate of drug-likeness (QED) is 0.673. The number of H-pyrrole nitrogens is 1. The highest BCUT2D eigenvalue weighted by Crippen LogP contribution is 2.25. The van der Waals surface area contributed by atoms with Gasteiger partial charge in [0, 0.05) is 31.0 Å². The van der Waals surface area contributed by atoms with E-state index in [0.29, 0.717) is 23.4 Å². The Morgan fingerprint density at radius 1 is 1.42 bits per heavy atom. The first-order chi connectivity index (χ1) is 11.6. The molecule has 0 aliphatic rings. The van der Waals surface area contributed by atoms with E-state index in [1.165, 1.54) is 18.3 Å². The summed E-state index contributed by atoms with van der Waals surface area (Å²) in [5, 5.41) is 9.50. The zero-order chi connectivity index (χ0) is 16.9. The molecule has 0 aliphatic carbocycles. The van der Waals surface area contributed by atoms with E-state index in [1.807, 2.05) is 10.8 Å². The average Bonchev–Trinajstić information content (AvgIpc) is 3.25. The maximum atomic E-state index is 13.3. The van der Waals surface area contributed by atoms with Crippen molar-refractivity contribution in [3.63, 3.8) is 0 Å². The lowest BCUT2D eigenvalue weighted by atomic mass is 10.1. The number of aromatic nitrogens is 4. The van der Waals surface area contributed by atoms with Gasteiger partial charge >= 0.3 is 0 Å². The second-order valence-corrected chi connectivity index (χ2v) is 5.60. The molecule has 0 fully saturated rings. The molecule has 0 atom stereocenters. The van der Waals surface area contributed by atoms with Crippen molar-refractivity contribution >= 4 is 17.5 Å². The molecule has 124 valence electrons. The smallest absolute Gasteiger partial charge is 0.255 e. The minimum Gasteiger partial charge on any atom is -0.352 e. The number of nitrogens with zero attached hydrogens (tertiary/aromatic N) is 3. The Bertz CT molecular complexity index is 831. The molecule has 0 saturated carbocycles. The molecule has 24 heavy (non-hydrogen) atoms. The number of aromatic amines is 1. The van der Waals surface area contributed by atoms with Crippen molar-refractivity contribution in [3.8, 4) is 11.3 Å². The molecule has 2 N–H and O–H groups in total. The molecule has 0 saturated heterocycles. The summed E-state index contributed by atoms with van der Waals surface area (Å²) in [5.74, 6) is -0.754. The highest BCUT2D eigenvalue weighted by atomic mass is 35.5. The fraction of sp³-hybridized carbons (Fsp3) is 0.188. The summed E-state index contributed by atoms with van der Waals surface area (Å²) in [6.45, 7) is 1.29. The van der Waals surface area contributed by atoms with Crippen molar-refractivity contribution in [2.24, 2.45) is 0 Å². The number of hydrogen-bond acceptors (Lipinski definition) is 3. The van der Waals surface area contributed by atoms with E-state index in [2.05, 4.69) is 20.5 Å². The van der Waals surface area contributed by atoms with Crippen LogP contribution >= 0.6 is 11.6 Å². The van der Waals surface area contributed by atoms with Crippen LogP contribution in [0.15, 0.2) is 43.1 Å². The molecular formula is C16H15ClFN5O. The molecule has 0 aliphatic heterocycles. The number of nitrogens with one attached hydrogen (secondary N) is 2. The molecule has 0 bridgehead atoms. The molecule has 1 aromatic carbocycles. The van der Waals surface area contributed by atoms with Gasteiger partial charge in [0.2, 0.25) is 0 Å². The van der Waals surface area contributed by atoms with Crippen LogP contribution in [0.25, 0.3) is 11.3 Å². The van der Waals surface area contributed by atoms with Crippen LogP contribution in [0.4, 0.5) is 4.39 Å². The highest BCUT2D eigenvalue weighted by Gasteiger charge is 2.15. The number of rotatable bonds is 6. The van der Waals surface area contributed by atoms with Crippen LogP contribution in [0, 0.1) is 5.82 Å². The largest absolute Gasteiger partial charge is 0.352 e. The van der Waals surface area contributed by atoms with Crippen LogP contribution in [0.2, 0.25) is 5.02 Å². The standard InChI is InChI=1S/C16H15ClFN5O/c17-13-8-11(2-3-14(13)18)15-12(9-21-22-15)16(24)20-4-1-6-23-7-5-19-10-23/h2-3,5,7-10H,1,4,6H2,(H,20,24)(H,21,22). The third-order valence-electron chi connectivity index (χ3n) is 3.53. The number of halogens is 2. The zero-order valence-electron chi connectivity index (χ0n) is 12.7. The Balaban J connectivity index is 1.63. The van der Waals surface area contributed by atoms with Crippen molar-refractivity contribution in [1.82, 2.24) is 25.1 Å². The number of aryl methyl sites for hydroxylation is 1. The minimum atomic E-state index is -0.509. The molecule has 8 heteroatoms. The van der Waals surface area contributed by atoms with E-state index < -0.39 is 5.82 Å². The lowest BCUT2D eigenvalue weighted by Gasteiger charge is -2.07. The first-order valence-corrected chi connectivity index (χ1v) is 7.75. The van der Waals surface area contributed by atoms with Crippen LogP contribution in [0.5, 0.6) is 0 Å². The summed E-state index contributed by atoms with van der Waals surface area (Å²) in [5.41, 5.74) is 1.49. The van der Waals surface area contributed by atoms with Gasteiger partial charge in [-0.1, -0.05) is 11.6 Å². The molecule has 3 aromatic rings. The summed E-state index contributed by atoms with van der Waals surface area (Å²) in [6, 6.07) is 4.26. The second-order valence-electron chi connectivity index (χ2n) is 5.20. The predicted octanol–water partition coefficient (Wildman–Crippen LogP) is 2.89. The van der Waals surface area contributed by atoms with Crippen molar-refractivity contribution in [3.05, 3.63) is 59.5 Å². The Hall–Kier alpha value is -2.67. The van der Waals surface area contributed by atoms with Gasteiger partial charge in [-0.25, -0.2) is 9.37 Å². The summed E-state index contributed by atoms with van der Waals surface area (Å²) < 4.78 is 15.2. The summed E-state index contributed by atoms with van der Waals surface area (Å²) >= 11 is 5.80. The predicted molar refractivity (Wildman–Crippen MR) is 88.2 cm³/mol. The van der Waals surface area contributed by atoms with Gasteiger partial charge in [0.25, 0.3) is 5.91 Å². The lowest BCUT2D eigenvalue weighted by molar-refractivity contribution is 0.0953. The van der Waals surface area contributed by atoms with Crippen molar-refractivity contribution in [1.29, 1.82) is 0 Å². The first kappa shape index (κ1) is 16.2. The normalized spacial score (nSPS) is 10.8. The Kier molecular flexibility index (Phi) is 4.90. The zero-order valence-corrected chi connectivity index (χ0v) is 13.4. The second kappa shape index (κ2) is 7.27. The van der Waals surface area contributed by atoms with E-state index in [4.69, 9.17) is 11.6 Å². The molecule has 0 radical (unpaired) electrons. The Morgan fingerprint density at radius 3 is 3.04 bits per heavy atom. The Morgan fingerprint density at radius 2 is 2.29 bits per heavy atom. The number of carbonyl (C=O) groups is 1. The van der Waals surface area contributed by atoms with Crippen molar-refractivity contribution in [2.45, 2.75) is 13.0 Å². The van der Waals surface area contributed by atoms with E-state index in [0.717, 1.165) is 13.0 Å². The summed E-state index contributed by atoms with van der Waals surface area (Å²) in [7, 11) is 0.